The fraction of sp³-hybridized carbons (Fsp3) is 1.00. The molecule has 0 spiro atoms. The Morgan fingerprint density at radius 1 is 1.67 bits per heavy atom. The smallest absolute Gasteiger partial charge is 0.0249 e. The molecular weight excluding hydrogens is 178 g/mol. The SMILES string of the molecule is CC12CCNCC1C2Br. The number of rotatable bonds is 0. The molecule has 2 heteroatoms. The molecule has 0 radical (unpaired) electrons. The Kier molecular flexibility index (Phi) is 1.18. The number of nitrogens with one attached hydrogen (secondary N) is 1. The molecule has 1 aliphatic heterocycles. The molecule has 0 aromatic carbocycles. The fourth-order valence-corrected chi connectivity index (χ4v) is 3.08. The minimum absolute atomic E-state index is 0.658. The van der Waals surface area contributed by atoms with Gasteiger partial charge in [0.1, 0.15) is 0 Å². The van der Waals surface area contributed by atoms with Crippen molar-refractivity contribution in [3.63, 3.8) is 0 Å². The van der Waals surface area contributed by atoms with E-state index < -0.39 is 0 Å². The quantitative estimate of drug-likeness (QED) is 0.569. The van der Waals surface area contributed by atoms with Crippen LogP contribution in [0.1, 0.15) is 13.3 Å². The molecule has 0 amide bonds. The summed E-state index contributed by atoms with van der Waals surface area (Å²) in [5.74, 6) is 0.922. The number of fused-ring (bicyclic) bond motifs is 1. The van der Waals surface area contributed by atoms with Gasteiger partial charge < -0.3 is 5.32 Å². The lowest BCUT2D eigenvalue weighted by Gasteiger charge is -2.16. The van der Waals surface area contributed by atoms with E-state index in [0.29, 0.717) is 5.41 Å². The van der Waals surface area contributed by atoms with E-state index in [1.807, 2.05) is 0 Å². The third-order valence-corrected chi connectivity index (χ3v) is 4.61. The normalized spacial score (nSPS) is 56.7. The molecule has 0 aromatic rings. The molecule has 2 fully saturated rings. The van der Waals surface area contributed by atoms with Crippen molar-refractivity contribution in [2.24, 2.45) is 11.3 Å². The molecule has 1 N–H and O–H groups in total. The van der Waals surface area contributed by atoms with Crippen LogP contribution in [0.4, 0.5) is 0 Å². The second-order valence-corrected chi connectivity index (χ2v) is 4.45. The van der Waals surface area contributed by atoms with Gasteiger partial charge in [-0.3, -0.25) is 0 Å². The fourth-order valence-electron chi connectivity index (χ4n) is 1.88. The molecule has 2 rings (SSSR count). The maximum atomic E-state index is 3.69. The van der Waals surface area contributed by atoms with Gasteiger partial charge >= 0.3 is 0 Å². The van der Waals surface area contributed by atoms with Gasteiger partial charge in [0, 0.05) is 4.83 Å². The molecule has 1 heterocycles. The van der Waals surface area contributed by atoms with Crippen molar-refractivity contribution < 1.29 is 0 Å². The van der Waals surface area contributed by atoms with Gasteiger partial charge in [-0.05, 0) is 30.8 Å². The number of piperidine rings is 1. The van der Waals surface area contributed by atoms with Crippen LogP contribution in [0.25, 0.3) is 0 Å². The van der Waals surface area contributed by atoms with Gasteiger partial charge in [-0.2, -0.15) is 0 Å². The van der Waals surface area contributed by atoms with Crippen molar-refractivity contribution in [2.75, 3.05) is 13.1 Å². The number of hydrogen-bond donors (Lipinski definition) is 1. The minimum Gasteiger partial charge on any atom is -0.316 e. The van der Waals surface area contributed by atoms with Crippen LogP contribution in [0.2, 0.25) is 0 Å². The second-order valence-electron chi connectivity index (χ2n) is 3.47. The molecule has 1 nitrogen and oxygen atoms in total. The van der Waals surface area contributed by atoms with Gasteiger partial charge in [0.25, 0.3) is 0 Å². The van der Waals surface area contributed by atoms with Gasteiger partial charge in [0.15, 0.2) is 0 Å². The van der Waals surface area contributed by atoms with Crippen molar-refractivity contribution in [2.45, 2.75) is 18.2 Å². The minimum atomic E-state index is 0.658. The summed E-state index contributed by atoms with van der Waals surface area (Å²) in [4.78, 5) is 0.806. The van der Waals surface area contributed by atoms with Crippen molar-refractivity contribution in [1.29, 1.82) is 0 Å². The van der Waals surface area contributed by atoms with Crippen LogP contribution in [0.15, 0.2) is 0 Å². The summed E-state index contributed by atoms with van der Waals surface area (Å²) in [7, 11) is 0. The summed E-state index contributed by atoms with van der Waals surface area (Å²) in [6.45, 7) is 4.83. The molecule has 0 bridgehead atoms. The highest BCUT2D eigenvalue weighted by molar-refractivity contribution is 9.09. The van der Waals surface area contributed by atoms with E-state index in [-0.39, 0.29) is 0 Å². The summed E-state index contributed by atoms with van der Waals surface area (Å²) in [6.07, 6.45) is 1.35. The Balaban J connectivity index is 2.10. The highest BCUT2D eigenvalue weighted by atomic mass is 79.9. The zero-order valence-corrected chi connectivity index (χ0v) is 7.24. The van der Waals surface area contributed by atoms with E-state index in [2.05, 4.69) is 28.2 Å². The average molecular weight is 190 g/mol. The molecule has 1 saturated carbocycles. The number of halogens is 1. The van der Waals surface area contributed by atoms with E-state index in [0.717, 1.165) is 10.7 Å². The zero-order chi connectivity index (χ0) is 6.48. The third kappa shape index (κ3) is 0.695. The molecule has 3 atom stereocenters. The van der Waals surface area contributed by atoms with E-state index in [9.17, 15) is 0 Å². The lowest BCUT2D eigenvalue weighted by molar-refractivity contribution is 0.383. The van der Waals surface area contributed by atoms with E-state index in [1.54, 1.807) is 0 Å². The monoisotopic (exact) mass is 189 g/mol. The van der Waals surface area contributed by atoms with Crippen LogP contribution in [-0.4, -0.2) is 17.9 Å². The Morgan fingerprint density at radius 2 is 2.44 bits per heavy atom. The summed E-state index contributed by atoms with van der Waals surface area (Å²) in [5.41, 5.74) is 0.658. The molecule has 2 aliphatic rings. The van der Waals surface area contributed by atoms with Gasteiger partial charge in [-0.1, -0.05) is 22.9 Å². The maximum absolute atomic E-state index is 3.69. The first-order valence-electron chi connectivity index (χ1n) is 3.60. The predicted molar refractivity (Wildman–Crippen MR) is 41.8 cm³/mol. The Hall–Kier alpha value is 0.440. The molecule has 52 valence electrons. The first-order valence-corrected chi connectivity index (χ1v) is 4.51. The maximum Gasteiger partial charge on any atom is 0.0249 e. The molecule has 3 unspecified atom stereocenters. The van der Waals surface area contributed by atoms with Crippen molar-refractivity contribution >= 4 is 15.9 Å². The van der Waals surface area contributed by atoms with Crippen LogP contribution >= 0.6 is 15.9 Å². The number of hydrogen-bond acceptors (Lipinski definition) is 1. The standard InChI is InChI=1S/C7H12BrN/c1-7-2-3-9-4-5(7)6(7)8/h5-6,9H,2-4H2,1H3. The zero-order valence-electron chi connectivity index (χ0n) is 5.65. The van der Waals surface area contributed by atoms with Gasteiger partial charge in [-0.15, -0.1) is 0 Å². The molecule has 1 aliphatic carbocycles. The van der Waals surface area contributed by atoms with E-state index in [4.69, 9.17) is 0 Å². The topological polar surface area (TPSA) is 12.0 Å². The first-order chi connectivity index (χ1) is 4.25. The van der Waals surface area contributed by atoms with Crippen LogP contribution in [0, 0.1) is 11.3 Å². The summed E-state index contributed by atoms with van der Waals surface area (Å²) >= 11 is 3.69. The van der Waals surface area contributed by atoms with E-state index >= 15 is 0 Å². The van der Waals surface area contributed by atoms with E-state index in [1.165, 1.54) is 19.5 Å². The van der Waals surface area contributed by atoms with Gasteiger partial charge in [-0.25, -0.2) is 0 Å². The molecule has 9 heavy (non-hydrogen) atoms. The third-order valence-electron chi connectivity index (χ3n) is 2.93. The van der Waals surface area contributed by atoms with Crippen LogP contribution in [0.3, 0.4) is 0 Å². The average Bonchev–Trinajstić information content (AvgIpc) is 2.38. The Bertz CT molecular complexity index is 137. The largest absolute Gasteiger partial charge is 0.316 e. The second kappa shape index (κ2) is 1.73. The number of alkyl halides is 1. The predicted octanol–water partition coefficient (Wildman–Crippen LogP) is 1.38. The molecule has 0 aromatic heterocycles. The summed E-state index contributed by atoms with van der Waals surface area (Å²) in [6, 6.07) is 0. The van der Waals surface area contributed by atoms with Gasteiger partial charge in [0.2, 0.25) is 0 Å². The van der Waals surface area contributed by atoms with Crippen molar-refractivity contribution in [1.82, 2.24) is 5.32 Å². The Labute approximate surface area is 64.3 Å². The molecule has 1 saturated heterocycles. The lowest BCUT2D eigenvalue weighted by Crippen LogP contribution is -2.27. The Morgan fingerprint density at radius 3 is 2.89 bits per heavy atom. The van der Waals surface area contributed by atoms with Crippen molar-refractivity contribution in [3.05, 3.63) is 0 Å². The lowest BCUT2D eigenvalue weighted by atomic mass is 9.99. The summed E-state index contributed by atoms with van der Waals surface area (Å²) in [5, 5.41) is 3.40. The van der Waals surface area contributed by atoms with Crippen molar-refractivity contribution in [3.8, 4) is 0 Å². The van der Waals surface area contributed by atoms with Crippen LogP contribution < -0.4 is 5.32 Å². The molecular formula is C7H12BrN. The summed E-state index contributed by atoms with van der Waals surface area (Å²) < 4.78 is 0. The highest BCUT2D eigenvalue weighted by Gasteiger charge is 2.60. The van der Waals surface area contributed by atoms with Gasteiger partial charge in [0.05, 0.1) is 0 Å². The first kappa shape index (κ1) is 6.17. The highest BCUT2D eigenvalue weighted by Crippen LogP contribution is 2.60. The van der Waals surface area contributed by atoms with Crippen LogP contribution in [-0.2, 0) is 0 Å². The van der Waals surface area contributed by atoms with Crippen LogP contribution in [0.5, 0.6) is 0 Å².